The van der Waals surface area contributed by atoms with E-state index < -0.39 is 0 Å². The van der Waals surface area contributed by atoms with E-state index in [1.54, 1.807) is 25.3 Å². The van der Waals surface area contributed by atoms with Crippen molar-refractivity contribution in [2.75, 3.05) is 44.9 Å². The van der Waals surface area contributed by atoms with Crippen molar-refractivity contribution in [2.24, 2.45) is 0 Å². The zero-order valence-electron chi connectivity index (χ0n) is 15.8. The van der Waals surface area contributed by atoms with Gasteiger partial charge < -0.3 is 24.1 Å². The van der Waals surface area contributed by atoms with Crippen LogP contribution in [0.3, 0.4) is 0 Å². The maximum Gasteiger partial charge on any atom is 0.338 e. The molecule has 0 bridgehead atoms. The standard InChI is InChI=1S/C19H22N4O4S/c1-3-26-18(24)12-8-14(17-21-4-7-28-17)16-15(9-12)22-19(27-16)23-5-6-25-11-13(10-23)20-2/h4,7-9,13,20H,3,5-6,10-11H2,1-2H3. The van der Waals surface area contributed by atoms with Crippen molar-refractivity contribution < 1.29 is 18.7 Å². The monoisotopic (exact) mass is 402 g/mol. The van der Waals surface area contributed by atoms with Gasteiger partial charge in [0.05, 0.1) is 30.9 Å². The summed E-state index contributed by atoms with van der Waals surface area (Å²) in [6.45, 7) is 4.75. The average molecular weight is 402 g/mol. The number of benzene rings is 1. The Bertz CT molecular complexity index is 956. The fourth-order valence-electron chi connectivity index (χ4n) is 3.16. The van der Waals surface area contributed by atoms with Crippen molar-refractivity contribution >= 4 is 34.4 Å². The third-order valence-electron chi connectivity index (χ3n) is 4.60. The molecule has 3 aromatic rings. The molecule has 0 amide bonds. The van der Waals surface area contributed by atoms with Crippen LogP contribution in [0.15, 0.2) is 28.1 Å². The summed E-state index contributed by atoms with van der Waals surface area (Å²) in [5.74, 6) is -0.384. The number of ether oxygens (including phenoxy) is 2. The number of oxazole rings is 1. The van der Waals surface area contributed by atoms with Gasteiger partial charge in [0.25, 0.3) is 6.01 Å². The quantitative estimate of drug-likeness (QED) is 0.652. The second kappa shape index (κ2) is 8.26. The van der Waals surface area contributed by atoms with E-state index in [1.165, 1.54) is 11.3 Å². The molecule has 0 saturated carbocycles. The zero-order valence-corrected chi connectivity index (χ0v) is 16.6. The van der Waals surface area contributed by atoms with Gasteiger partial charge in [-0.15, -0.1) is 11.3 Å². The number of nitrogens with zero attached hydrogens (tertiary/aromatic N) is 3. The molecule has 1 aliphatic heterocycles. The molecule has 4 rings (SSSR count). The molecule has 2 aromatic heterocycles. The van der Waals surface area contributed by atoms with Crippen LogP contribution in [-0.2, 0) is 9.47 Å². The highest BCUT2D eigenvalue weighted by Crippen LogP contribution is 2.34. The van der Waals surface area contributed by atoms with E-state index in [4.69, 9.17) is 13.9 Å². The summed E-state index contributed by atoms with van der Waals surface area (Å²) in [6, 6.07) is 4.17. The van der Waals surface area contributed by atoms with E-state index in [1.807, 2.05) is 12.4 Å². The second-order valence-corrected chi connectivity index (χ2v) is 7.33. The molecule has 0 radical (unpaired) electrons. The number of hydrogen-bond donors (Lipinski definition) is 1. The Morgan fingerprint density at radius 1 is 1.46 bits per heavy atom. The largest absolute Gasteiger partial charge is 0.462 e. The Balaban J connectivity index is 1.78. The van der Waals surface area contributed by atoms with Gasteiger partial charge in [0.15, 0.2) is 5.58 Å². The van der Waals surface area contributed by atoms with Crippen LogP contribution in [0.1, 0.15) is 17.3 Å². The lowest BCUT2D eigenvalue weighted by Gasteiger charge is -2.21. The zero-order chi connectivity index (χ0) is 19.5. The molecule has 0 aliphatic carbocycles. The maximum absolute atomic E-state index is 12.3. The van der Waals surface area contributed by atoms with Gasteiger partial charge in [-0.1, -0.05) is 0 Å². The van der Waals surface area contributed by atoms with Crippen LogP contribution in [0.25, 0.3) is 21.7 Å². The predicted octanol–water partition coefficient (Wildman–Crippen LogP) is 2.55. The number of esters is 1. The Morgan fingerprint density at radius 2 is 2.36 bits per heavy atom. The van der Waals surface area contributed by atoms with Gasteiger partial charge in [0, 0.05) is 30.7 Å². The Morgan fingerprint density at radius 3 is 3.11 bits per heavy atom. The second-order valence-electron chi connectivity index (χ2n) is 6.43. The number of rotatable bonds is 5. The summed E-state index contributed by atoms with van der Waals surface area (Å²) in [6.07, 6.45) is 1.73. The normalized spacial score (nSPS) is 17.6. The lowest BCUT2D eigenvalue weighted by molar-refractivity contribution is 0.0526. The highest BCUT2D eigenvalue weighted by molar-refractivity contribution is 7.13. The SMILES string of the molecule is CCOC(=O)c1cc(-c2nccs2)c2oc(N3CCOCC(NC)C3)nc2c1. The molecular formula is C19H22N4O4S. The van der Waals surface area contributed by atoms with Crippen molar-refractivity contribution in [3.63, 3.8) is 0 Å². The minimum atomic E-state index is -0.384. The first-order valence-electron chi connectivity index (χ1n) is 9.21. The van der Waals surface area contributed by atoms with Crippen molar-refractivity contribution in [1.29, 1.82) is 0 Å². The molecule has 148 valence electrons. The van der Waals surface area contributed by atoms with Crippen molar-refractivity contribution in [1.82, 2.24) is 15.3 Å². The fraction of sp³-hybridized carbons (Fsp3) is 0.421. The molecule has 1 saturated heterocycles. The molecule has 1 atom stereocenters. The number of carbonyl (C=O) groups excluding carboxylic acids is 1. The summed E-state index contributed by atoms with van der Waals surface area (Å²) in [5, 5.41) is 5.90. The van der Waals surface area contributed by atoms with E-state index in [9.17, 15) is 4.79 Å². The lowest BCUT2D eigenvalue weighted by Crippen LogP contribution is -2.40. The smallest absolute Gasteiger partial charge is 0.338 e. The number of hydrogen-bond acceptors (Lipinski definition) is 9. The van der Waals surface area contributed by atoms with Crippen LogP contribution in [-0.4, -0.2) is 61.9 Å². The van der Waals surface area contributed by atoms with Crippen molar-refractivity contribution in [2.45, 2.75) is 13.0 Å². The van der Waals surface area contributed by atoms with Crippen LogP contribution < -0.4 is 10.2 Å². The van der Waals surface area contributed by atoms with Crippen LogP contribution in [0.2, 0.25) is 0 Å². The van der Waals surface area contributed by atoms with Crippen LogP contribution in [0, 0.1) is 0 Å². The van der Waals surface area contributed by atoms with E-state index >= 15 is 0 Å². The highest BCUT2D eigenvalue weighted by Gasteiger charge is 2.24. The summed E-state index contributed by atoms with van der Waals surface area (Å²) in [5.41, 5.74) is 2.40. The van der Waals surface area contributed by atoms with Crippen LogP contribution in [0.5, 0.6) is 0 Å². The first-order chi connectivity index (χ1) is 13.7. The third-order valence-corrected chi connectivity index (χ3v) is 5.40. The molecule has 1 aliphatic rings. The number of likely N-dealkylation sites (N-methyl/N-ethyl adjacent to an activating group) is 1. The van der Waals surface area contributed by atoms with E-state index in [2.05, 4.69) is 20.2 Å². The van der Waals surface area contributed by atoms with Crippen LogP contribution >= 0.6 is 11.3 Å². The fourth-order valence-corrected chi connectivity index (χ4v) is 3.81. The summed E-state index contributed by atoms with van der Waals surface area (Å²) in [4.78, 5) is 23.4. The van der Waals surface area contributed by atoms with Gasteiger partial charge in [-0.25, -0.2) is 9.78 Å². The highest BCUT2D eigenvalue weighted by atomic mass is 32.1. The minimum Gasteiger partial charge on any atom is -0.462 e. The van der Waals surface area contributed by atoms with Crippen molar-refractivity contribution in [3.05, 3.63) is 29.3 Å². The van der Waals surface area contributed by atoms with Crippen molar-refractivity contribution in [3.8, 4) is 10.6 Å². The van der Waals surface area contributed by atoms with E-state index in [-0.39, 0.29) is 12.0 Å². The summed E-state index contributed by atoms with van der Waals surface area (Å²) < 4.78 is 17.0. The summed E-state index contributed by atoms with van der Waals surface area (Å²) >= 11 is 1.48. The molecule has 1 unspecified atom stereocenters. The predicted molar refractivity (Wildman–Crippen MR) is 107 cm³/mol. The van der Waals surface area contributed by atoms with Gasteiger partial charge in [-0.3, -0.25) is 0 Å². The van der Waals surface area contributed by atoms with Gasteiger partial charge in [0.1, 0.15) is 10.5 Å². The number of carbonyl (C=O) groups is 1. The molecule has 0 spiro atoms. The van der Waals surface area contributed by atoms with Gasteiger partial charge in [-0.05, 0) is 26.1 Å². The molecule has 9 heteroatoms. The molecule has 3 heterocycles. The van der Waals surface area contributed by atoms with E-state index in [0.717, 1.165) is 17.1 Å². The third kappa shape index (κ3) is 3.73. The topological polar surface area (TPSA) is 89.7 Å². The molecular weight excluding hydrogens is 380 g/mol. The Labute approximate surface area is 166 Å². The molecule has 1 fully saturated rings. The van der Waals surface area contributed by atoms with Gasteiger partial charge >= 0.3 is 5.97 Å². The first-order valence-corrected chi connectivity index (χ1v) is 10.1. The molecule has 8 nitrogen and oxygen atoms in total. The number of anilines is 1. The minimum absolute atomic E-state index is 0.186. The number of aromatic nitrogens is 2. The van der Waals surface area contributed by atoms with Crippen LogP contribution in [0.4, 0.5) is 6.01 Å². The molecule has 28 heavy (non-hydrogen) atoms. The average Bonchev–Trinajstić information content (AvgIpc) is 3.32. The Hall–Kier alpha value is -2.49. The first kappa shape index (κ1) is 18.9. The maximum atomic E-state index is 12.3. The number of nitrogens with one attached hydrogen (secondary N) is 1. The van der Waals surface area contributed by atoms with Gasteiger partial charge in [0.2, 0.25) is 0 Å². The lowest BCUT2D eigenvalue weighted by atomic mass is 10.1. The number of thiazole rings is 1. The number of fused-ring (bicyclic) bond motifs is 1. The summed E-state index contributed by atoms with van der Waals surface area (Å²) in [7, 11) is 1.91. The molecule has 1 N–H and O–H groups in total. The molecule has 1 aromatic carbocycles. The van der Waals surface area contributed by atoms with E-state index in [0.29, 0.717) is 49.0 Å². The van der Waals surface area contributed by atoms with Gasteiger partial charge in [-0.2, -0.15) is 4.98 Å². The Kier molecular flexibility index (Phi) is 5.56.